The van der Waals surface area contributed by atoms with Crippen LogP contribution >= 0.6 is 0 Å². The molecule has 1 aliphatic heterocycles. The van der Waals surface area contributed by atoms with E-state index in [9.17, 15) is 4.79 Å². The van der Waals surface area contributed by atoms with Crippen molar-refractivity contribution in [2.75, 3.05) is 20.1 Å². The van der Waals surface area contributed by atoms with Crippen molar-refractivity contribution in [3.05, 3.63) is 42.0 Å². The number of hydrogen-bond donors (Lipinski definition) is 1. The van der Waals surface area contributed by atoms with E-state index >= 15 is 0 Å². The van der Waals surface area contributed by atoms with Gasteiger partial charge >= 0.3 is 0 Å². The number of amides is 1. The van der Waals surface area contributed by atoms with E-state index in [4.69, 9.17) is 0 Å². The second-order valence-corrected chi connectivity index (χ2v) is 3.55. The van der Waals surface area contributed by atoms with Gasteiger partial charge in [-0.05, 0) is 13.1 Å². The summed E-state index contributed by atoms with van der Waals surface area (Å²) in [7, 11) is 1.87. The average molecular weight is 202 g/mol. The fourth-order valence-corrected chi connectivity index (χ4v) is 1.79. The maximum atomic E-state index is 12.0. The molecular weight excluding hydrogens is 188 g/mol. The largest absolute Gasteiger partial charge is 0.318 e. The molecule has 0 fully saturated rings. The molecule has 0 spiro atoms. The van der Waals surface area contributed by atoms with E-state index in [1.165, 1.54) is 0 Å². The fourth-order valence-electron chi connectivity index (χ4n) is 1.79. The molecule has 15 heavy (non-hydrogen) atoms. The number of benzene rings is 1. The number of nitrogens with one attached hydrogen (secondary N) is 1. The number of hydrogen-bond acceptors (Lipinski definition) is 2. The highest BCUT2D eigenvalue weighted by Crippen LogP contribution is 2.30. The first-order valence-electron chi connectivity index (χ1n) is 5.00. The smallest absolute Gasteiger partial charge is 0.258 e. The van der Waals surface area contributed by atoms with Gasteiger partial charge in [-0.1, -0.05) is 24.8 Å². The first kappa shape index (κ1) is 9.93. The zero-order valence-electron chi connectivity index (χ0n) is 8.79. The average Bonchev–Trinajstić information content (AvgIpc) is 2.51. The number of carbonyl (C=O) groups excluding carboxylic acids is 1. The molecule has 78 valence electrons. The van der Waals surface area contributed by atoms with Crippen molar-refractivity contribution in [2.45, 2.75) is 0 Å². The Morgan fingerprint density at radius 2 is 2.00 bits per heavy atom. The van der Waals surface area contributed by atoms with Crippen LogP contribution in [0.3, 0.4) is 0 Å². The maximum Gasteiger partial charge on any atom is 0.258 e. The molecule has 1 aromatic rings. The van der Waals surface area contributed by atoms with Gasteiger partial charge in [0, 0.05) is 29.9 Å². The Morgan fingerprint density at radius 3 is 2.60 bits per heavy atom. The predicted octanol–water partition coefficient (Wildman–Crippen LogP) is 1.33. The van der Waals surface area contributed by atoms with Crippen LogP contribution < -0.4 is 5.32 Å². The van der Waals surface area contributed by atoms with E-state index in [0.717, 1.165) is 23.4 Å². The van der Waals surface area contributed by atoms with Crippen LogP contribution in [0.25, 0.3) is 5.70 Å². The number of fused-ring (bicyclic) bond motifs is 1. The van der Waals surface area contributed by atoms with Crippen LogP contribution in [0.5, 0.6) is 0 Å². The number of nitrogens with zero attached hydrogens (tertiary/aromatic N) is 1. The SMILES string of the molecule is C=C1c2ccccc2C(=O)N1CCNC. The van der Waals surface area contributed by atoms with Gasteiger partial charge in [0.25, 0.3) is 5.91 Å². The molecule has 0 bridgehead atoms. The van der Waals surface area contributed by atoms with Crippen molar-refractivity contribution >= 4 is 11.6 Å². The van der Waals surface area contributed by atoms with E-state index in [1.807, 2.05) is 31.3 Å². The lowest BCUT2D eigenvalue weighted by Gasteiger charge is -2.16. The number of likely N-dealkylation sites (N-methyl/N-ethyl adjacent to an activating group) is 1. The molecule has 1 heterocycles. The highest BCUT2D eigenvalue weighted by Gasteiger charge is 2.29. The minimum absolute atomic E-state index is 0.0610. The third-order valence-electron chi connectivity index (χ3n) is 2.62. The Morgan fingerprint density at radius 1 is 1.33 bits per heavy atom. The maximum absolute atomic E-state index is 12.0. The van der Waals surface area contributed by atoms with Gasteiger partial charge < -0.3 is 10.2 Å². The summed E-state index contributed by atoms with van der Waals surface area (Å²) in [6.07, 6.45) is 0. The lowest BCUT2D eigenvalue weighted by atomic mass is 10.1. The van der Waals surface area contributed by atoms with Gasteiger partial charge in [-0.2, -0.15) is 0 Å². The van der Waals surface area contributed by atoms with Crippen molar-refractivity contribution in [1.82, 2.24) is 10.2 Å². The molecule has 1 aromatic carbocycles. The molecule has 0 unspecified atom stereocenters. The summed E-state index contributed by atoms with van der Waals surface area (Å²) in [5.74, 6) is 0.0610. The van der Waals surface area contributed by atoms with Gasteiger partial charge in [0.1, 0.15) is 0 Å². The highest BCUT2D eigenvalue weighted by atomic mass is 16.2. The van der Waals surface area contributed by atoms with E-state index in [-0.39, 0.29) is 5.91 Å². The molecule has 2 rings (SSSR count). The Bertz CT molecular complexity index is 377. The highest BCUT2D eigenvalue weighted by molar-refractivity contribution is 6.08. The molecule has 0 aromatic heterocycles. The molecule has 1 aliphatic rings. The fraction of sp³-hybridized carbons (Fsp3) is 0.250. The normalized spacial score (nSPS) is 14.6. The van der Waals surface area contributed by atoms with Gasteiger partial charge in [0.15, 0.2) is 0 Å². The van der Waals surface area contributed by atoms with Crippen LogP contribution in [0.4, 0.5) is 0 Å². The van der Waals surface area contributed by atoms with E-state index in [0.29, 0.717) is 6.54 Å². The summed E-state index contributed by atoms with van der Waals surface area (Å²) in [4.78, 5) is 13.7. The Kier molecular flexibility index (Phi) is 2.56. The number of carbonyl (C=O) groups is 1. The lowest BCUT2D eigenvalue weighted by molar-refractivity contribution is 0.0852. The monoisotopic (exact) mass is 202 g/mol. The van der Waals surface area contributed by atoms with Gasteiger partial charge in [-0.25, -0.2) is 0 Å². The van der Waals surface area contributed by atoms with Crippen LogP contribution in [0.15, 0.2) is 30.8 Å². The van der Waals surface area contributed by atoms with Crippen molar-refractivity contribution < 1.29 is 4.79 Å². The third-order valence-corrected chi connectivity index (χ3v) is 2.62. The first-order valence-corrected chi connectivity index (χ1v) is 5.00. The topological polar surface area (TPSA) is 32.3 Å². The molecule has 0 atom stereocenters. The van der Waals surface area contributed by atoms with E-state index in [2.05, 4.69) is 11.9 Å². The summed E-state index contributed by atoms with van der Waals surface area (Å²) in [5.41, 5.74) is 2.53. The summed E-state index contributed by atoms with van der Waals surface area (Å²) in [6.45, 7) is 5.40. The van der Waals surface area contributed by atoms with E-state index in [1.54, 1.807) is 4.90 Å². The standard InChI is InChI=1S/C12H14N2O/c1-9-10-5-3-4-6-11(10)12(15)14(9)8-7-13-2/h3-6,13H,1,7-8H2,2H3. The molecule has 3 heteroatoms. The Hall–Kier alpha value is -1.61. The van der Waals surface area contributed by atoms with Gasteiger partial charge in [0.05, 0.1) is 0 Å². The lowest BCUT2D eigenvalue weighted by Crippen LogP contribution is -2.30. The summed E-state index contributed by atoms with van der Waals surface area (Å²) < 4.78 is 0. The Balaban J connectivity index is 2.29. The van der Waals surface area contributed by atoms with Crippen molar-refractivity contribution in [1.29, 1.82) is 0 Å². The Labute approximate surface area is 89.4 Å². The predicted molar refractivity (Wildman–Crippen MR) is 60.4 cm³/mol. The second kappa shape index (κ2) is 3.87. The molecule has 0 radical (unpaired) electrons. The second-order valence-electron chi connectivity index (χ2n) is 3.55. The molecule has 1 amide bonds. The number of rotatable bonds is 3. The van der Waals surface area contributed by atoms with Crippen molar-refractivity contribution in [2.24, 2.45) is 0 Å². The third kappa shape index (κ3) is 1.55. The van der Waals surface area contributed by atoms with Gasteiger partial charge in [-0.15, -0.1) is 0 Å². The zero-order chi connectivity index (χ0) is 10.8. The van der Waals surface area contributed by atoms with Crippen LogP contribution in [-0.4, -0.2) is 30.9 Å². The van der Waals surface area contributed by atoms with Crippen LogP contribution in [0.2, 0.25) is 0 Å². The summed E-state index contributed by atoms with van der Waals surface area (Å²) >= 11 is 0. The molecule has 3 nitrogen and oxygen atoms in total. The van der Waals surface area contributed by atoms with Crippen LogP contribution in [0.1, 0.15) is 15.9 Å². The van der Waals surface area contributed by atoms with Gasteiger partial charge in [0.2, 0.25) is 0 Å². The van der Waals surface area contributed by atoms with Crippen molar-refractivity contribution in [3.63, 3.8) is 0 Å². The minimum atomic E-state index is 0.0610. The van der Waals surface area contributed by atoms with Crippen LogP contribution in [0, 0.1) is 0 Å². The van der Waals surface area contributed by atoms with Gasteiger partial charge in [-0.3, -0.25) is 4.79 Å². The molecule has 0 saturated heterocycles. The summed E-state index contributed by atoms with van der Waals surface area (Å²) in [5, 5.41) is 3.03. The van der Waals surface area contributed by atoms with Crippen molar-refractivity contribution in [3.8, 4) is 0 Å². The molecular formula is C12H14N2O. The zero-order valence-corrected chi connectivity index (χ0v) is 8.79. The molecule has 0 saturated carbocycles. The van der Waals surface area contributed by atoms with Crippen LogP contribution in [-0.2, 0) is 0 Å². The quantitative estimate of drug-likeness (QED) is 0.802. The minimum Gasteiger partial charge on any atom is -0.318 e. The van der Waals surface area contributed by atoms with E-state index < -0.39 is 0 Å². The summed E-state index contributed by atoms with van der Waals surface area (Å²) in [6, 6.07) is 7.60. The molecule has 0 aliphatic carbocycles. The molecule has 1 N–H and O–H groups in total. The first-order chi connectivity index (χ1) is 7.25.